The fourth-order valence-electron chi connectivity index (χ4n) is 7.53. The van der Waals surface area contributed by atoms with Crippen LogP contribution in [0.25, 0.3) is 11.0 Å². The molecule has 5 atom stereocenters. The molecule has 53 heavy (non-hydrogen) atoms. The molecule has 0 bridgehead atoms. The molecule has 4 aliphatic rings. The van der Waals surface area contributed by atoms with E-state index >= 15 is 0 Å². The fraction of sp³-hybridized carbons (Fsp3) is 0.641. The molecule has 14 heteroatoms. The second-order valence-electron chi connectivity index (χ2n) is 16.5. The van der Waals surface area contributed by atoms with Gasteiger partial charge in [-0.25, -0.2) is 22.8 Å². The number of carbonyl (C=O) groups excluding carboxylic acids is 4. The third-order valence-electron chi connectivity index (χ3n) is 11.1. The normalized spacial score (nSPS) is 28.2. The minimum absolute atomic E-state index is 0.00133. The van der Waals surface area contributed by atoms with Gasteiger partial charge in [0.1, 0.15) is 23.2 Å². The maximum atomic E-state index is 14.5. The number of aromatic nitrogens is 2. The number of ketones is 1. The molecule has 3 fully saturated rings. The second-order valence-corrected chi connectivity index (χ2v) is 18.7. The van der Waals surface area contributed by atoms with Crippen LogP contribution in [0, 0.1) is 23.1 Å². The smallest absolute Gasteiger partial charge is 0.307 e. The number of ether oxygens (including phenoxy) is 2. The monoisotopic (exact) mass is 754 g/mol. The molecule has 6 rings (SSSR count). The molecule has 0 spiro atoms. The molecule has 2 aliphatic heterocycles. The molecule has 2 aromatic rings. The van der Waals surface area contributed by atoms with E-state index in [1.807, 2.05) is 19.1 Å². The number of amides is 2. The van der Waals surface area contributed by atoms with Crippen molar-refractivity contribution in [3.63, 3.8) is 0 Å². The standard InChI is InChI=1S/C39H51FN4O8S/c1-6-28-34(42-30-19-26(40)14-15-29(30)41-28)51-27-20-31-32(45)22-39(36(48)43-53(49,50)38(5)16-17-38)21-25(39)13-11-9-7-8-10-12-24(35(47)44(31)23-27)18-33(46)52-37(2,3)4/h11,13-15,19,24-25,27,31H,6-10,12,16-18,20-23H2,1-5H3,(H,43,48)/b13-11-/t24-,25-,27-,31+,39-/m1/s1. The summed E-state index contributed by atoms with van der Waals surface area (Å²) in [7, 11) is -3.96. The summed E-state index contributed by atoms with van der Waals surface area (Å²) in [6.45, 7) is 8.76. The maximum Gasteiger partial charge on any atom is 0.307 e. The Hall–Kier alpha value is -3.94. The molecular formula is C39H51FN4O8S. The van der Waals surface area contributed by atoms with E-state index < -0.39 is 61.5 Å². The Bertz CT molecular complexity index is 1920. The summed E-state index contributed by atoms with van der Waals surface area (Å²) in [6, 6.07) is 3.09. The zero-order valence-electron chi connectivity index (χ0n) is 31.3. The van der Waals surface area contributed by atoms with E-state index in [1.165, 1.54) is 23.1 Å². The predicted molar refractivity (Wildman–Crippen MR) is 194 cm³/mol. The first-order valence-corrected chi connectivity index (χ1v) is 20.3. The number of hydrogen-bond donors (Lipinski definition) is 1. The van der Waals surface area contributed by atoms with Crippen LogP contribution in [0.3, 0.4) is 0 Å². The van der Waals surface area contributed by atoms with Crippen molar-refractivity contribution in [1.82, 2.24) is 19.6 Å². The third kappa shape index (κ3) is 8.57. The van der Waals surface area contributed by atoms with Gasteiger partial charge < -0.3 is 14.4 Å². The van der Waals surface area contributed by atoms with Crippen molar-refractivity contribution in [2.24, 2.45) is 17.3 Å². The number of aryl methyl sites for hydroxylation is 1. The first-order chi connectivity index (χ1) is 24.9. The third-order valence-corrected chi connectivity index (χ3v) is 13.2. The zero-order chi connectivity index (χ0) is 38.3. The number of fused-ring (bicyclic) bond motifs is 3. The van der Waals surface area contributed by atoms with Gasteiger partial charge in [-0.15, -0.1) is 0 Å². The van der Waals surface area contributed by atoms with E-state index in [1.54, 1.807) is 27.7 Å². The number of allylic oxidation sites excluding steroid dienone is 2. The molecule has 12 nitrogen and oxygen atoms in total. The molecule has 1 saturated heterocycles. The summed E-state index contributed by atoms with van der Waals surface area (Å²) in [5.74, 6) is -3.39. The van der Waals surface area contributed by atoms with Crippen LogP contribution in [0.15, 0.2) is 30.4 Å². The van der Waals surface area contributed by atoms with Crippen LogP contribution >= 0.6 is 0 Å². The molecule has 1 aromatic carbocycles. The van der Waals surface area contributed by atoms with Gasteiger partial charge >= 0.3 is 5.97 Å². The van der Waals surface area contributed by atoms with Gasteiger partial charge in [-0.3, -0.25) is 23.9 Å². The minimum atomic E-state index is -3.96. The molecular weight excluding hydrogens is 704 g/mol. The van der Waals surface area contributed by atoms with Crippen molar-refractivity contribution in [2.45, 2.75) is 134 Å². The fourth-order valence-corrected chi connectivity index (χ4v) is 8.87. The van der Waals surface area contributed by atoms with Gasteiger partial charge in [0.15, 0.2) is 5.78 Å². The Morgan fingerprint density at radius 3 is 2.55 bits per heavy atom. The van der Waals surface area contributed by atoms with Crippen molar-refractivity contribution in [3.8, 4) is 5.88 Å². The number of hydrogen-bond acceptors (Lipinski definition) is 10. The van der Waals surface area contributed by atoms with E-state index in [4.69, 9.17) is 9.47 Å². The summed E-state index contributed by atoms with van der Waals surface area (Å²) in [6.07, 6.45) is 7.92. The lowest BCUT2D eigenvalue weighted by Crippen LogP contribution is -2.47. The van der Waals surface area contributed by atoms with Crippen molar-refractivity contribution < 1.29 is 41.5 Å². The number of sulfonamides is 1. The zero-order valence-corrected chi connectivity index (χ0v) is 32.1. The van der Waals surface area contributed by atoms with E-state index in [2.05, 4.69) is 14.7 Å². The Balaban J connectivity index is 1.32. The van der Waals surface area contributed by atoms with E-state index in [9.17, 15) is 32.0 Å². The van der Waals surface area contributed by atoms with Gasteiger partial charge in [0.25, 0.3) is 0 Å². The molecule has 2 amide bonds. The maximum absolute atomic E-state index is 14.5. The molecule has 1 aromatic heterocycles. The number of nitrogens with one attached hydrogen (secondary N) is 1. The molecule has 2 saturated carbocycles. The predicted octanol–water partition coefficient (Wildman–Crippen LogP) is 5.51. The summed E-state index contributed by atoms with van der Waals surface area (Å²) < 4.78 is 53.7. The van der Waals surface area contributed by atoms with Crippen molar-refractivity contribution in [1.29, 1.82) is 0 Å². The number of rotatable bonds is 8. The van der Waals surface area contributed by atoms with Crippen LogP contribution in [0.2, 0.25) is 0 Å². The summed E-state index contributed by atoms with van der Waals surface area (Å²) in [5, 5.41) is 0. The van der Waals surface area contributed by atoms with Crippen LogP contribution in [-0.2, 0) is 40.4 Å². The summed E-state index contributed by atoms with van der Waals surface area (Å²) in [5.41, 5.74) is -0.704. The van der Waals surface area contributed by atoms with Crippen LogP contribution in [0.1, 0.15) is 111 Å². The average molecular weight is 755 g/mol. The number of carbonyl (C=O) groups is 4. The average Bonchev–Trinajstić information content (AvgIpc) is 3.95. The highest BCUT2D eigenvalue weighted by Gasteiger charge is 2.62. The van der Waals surface area contributed by atoms with Crippen molar-refractivity contribution >= 4 is 44.6 Å². The van der Waals surface area contributed by atoms with Crippen LogP contribution < -0.4 is 9.46 Å². The van der Waals surface area contributed by atoms with Gasteiger partial charge in [0.05, 0.1) is 40.2 Å². The lowest BCUT2D eigenvalue weighted by molar-refractivity contribution is -0.159. The highest BCUT2D eigenvalue weighted by Crippen LogP contribution is 2.57. The highest BCUT2D eigenvalue weighted by molar-refractivity contribution is 7.91. The van der Waals surface area contributed by atoms with Gasteiger partial charge in [0.2, 0.25) is 27.7 Å². The quantitative estimate of drug-likeness (QED) is 0.269. The van der Waals surface area contributed by atoms with E-state index in [-0.39, 0.29) is 49.3 Å². The number of nitrogens with zero attached hydrogens (tertiary/aromatic N) is 3. The Morgan fingerprint density at radius 2 is 1.85 bits per heavy atom. The Morgan fingerprint density at radius 1 is 1.09 bits per heavy atom. The SMILES string of the molecule is CCc1nc2ccc(F)cc2nc1O[C@@H]1C[C@H]2C(=O)C[C@]3(C(=O)NS(=O)(=O)C4(C)CC4)C[C@H]3/C=C\CCCCC[C@H](CC(=O)OC(C)(C)C)C(=O)N2C1. The lowest BCUT2D eigenvalue weighted by atomic mass is 9.90. The molecule has 3 heterocycles. The molecule has 2 aliphatic carbocycles. The highest BCUT2D eigenvalue weighted by atomic mass is 32.2. The first kappa shape index (κ1) is 38.8. The first-order valence-electron chi connectivity index (χ1n) is 18.8. The van der Waals surface area contributed by atoms with Crippen molar-refractivity contribution in [3.05, 3.63) is 41.9 Å². The summed E-state index contributed by atoms with van der Waals surface area (Å²) in [4.78, 5) is 66.6. The Labute approximate surface area is 310 Å². The van der Waals surface area contributed by atoms with Gasteiger partial charge in [0, 0.05) is 24.8 Å². The molecule has 0 radical (unpaired) electrons. The largest absolute Gasteiger partial charge is 0.471 e. The number of Topliss-reactive ketones (excluding diaryl/α,β-unsaturated/α-hetero) is 1. The Kier molecular flexibility index (Phi) is 10.8. The molecule has 0 unspecified atom stereocenters. The van der Waals surface area contributed by atoms with E-state index in [0.29, 0.717) is 55.3 Å². The molecule has 1 N–H and O–H groups in total. The lowest BCUT2D eigenvalue weighted by Gasteiger charge is -2.29. The van der Waals surface area contributed by atoms with Crippen LogP contribution in [-0.4, -0.2) is 75.9 Å². The van der Waals surface area contributed by atoms with Gasteiger partial charge in [-0.1, -0.05) is 31.9 Å². The number of esters is 1. The summed E-state index contributed by atoms with van der Waals surface area (Å²) >= 11 is 0. The minimum Gasteiger partial charge on any atom is -0.471 e. The van der Waals surface area contributed by atoms with Crippen LogP contribution in [0.5, 0.6) is 5.88 Å². The molecule has 288 valence electrons. The van der Waals surface area contributed by atoms with Crippen molar-refractivity contribution in [2.75, 3.05) is 6.54 Å². The number of halogens is 1. The number of benzene rings is 1. The van der Waals surface area contributed by atoms with Gasteiger partial charge in [-0.2, -0.15) is 0 Å². The second kappa shape index (κ2) is 14.7. The van der Waals surface area contributed by atoms with E-state index in [0.717, 1.165) is 19.3 Å². The van der Waals surface area contributed by atoms with Gasteiger partial charge in [-0.05, 0) is 90.7 Å². The topological polar surface area (TPSA) is 162 Å². The van der Waals surface area contributed by atoms with Crippen LogP contribution in [0.4, 0.5) is 4.39 Å².